The summed E-state index contributed by atoms with van der Waals surface area (Å²) in [6.45, 7) is 10.8. The normalized spacial score (nSPS) is 11.7. The second-order valence-corrected chi connectivity index (χ2v) is 6.18. The SMILES string of the molecule is [C-]#[N+]c1c(Cl)nc(SC(C(N)=O)c2ccccc2)c(C)c1C. The second-order valence-electron chi connectivity index (χ2n) is 4.73. The highest BCUT2D eigenvalue weighted by atomic mass is 35.5. The lowest BCUT2D eigenvalue weighted by atomic mass is 10.1. The van der Waals surface area contributed by atoms with Crippen LogP contribution < -0.4 is 5.73 Å². The van der Waals surface area contributed by atoms with Crippen LogP contribution in [0, 0.1) is 20.4 Å². The van der Waals surface area contributed by atoms with Crippen molar-refractivity contribution in [2.45, 2.75) is 24.1 Å². The number of pyridine rings is 1. The van der Waals surface area contributed by atoms with Gasteiger partial charge >= 0.3 is 0 Å². The first-order valence-electron chi connectivity index (χ1n) is 6.50. The highest BCUT2D eigenvalue weighted by Crippen LogP contribution is 2.40. The van der Waals surface area contributed by atoms with Gasteiger partial charge in [0, 0.05) is 0 Å². The van der Waals surface area contributed by atoms with Crippen LogP contribution in [-0.4, -0.2) is 10.9 Å². The maximum absolute atomic E-state index is 11.8. The molecule has 1 atom stereocenters. The van der Waals surface area contributed by atoms with Gasteiger partial charge in [-0.25, -0.2) is 9.83 Å². The Kier molecular flexibility index (Phi) is 5.07. The minimum Gasteiger partial charge on any atom is -0.368 e. The number of rotatable bonds is 4. The first kappa shape index (κ1) is 16.3. The fraction of sp³-hybridized carbons (Fsp3) is 0.188. The van der Waals surface area contributed by atoms with E-state index in [9.17, 15) is 4.79 Å². The number of halogens is 1. The number of nitrogens with two attached hydrogens (primary N) is 1. The van der Waals surface area contributed by atoms with Crippen LogP contribution in [0.5, 0.6) is 0 Å². The number of amides is 1. The number of hydrogen-bond acceptors (Lipinski definition) is 3. The predicted molar refractivity (Wildman–Crippen MR) is 89.2 cm³/mol. The number of hydrogen-bond donors (Lipinski definition) is 1. The van der Waals surface area contributed by atoms with Gasteiger partial charge in [-0.05, 0) is 30.5 Å². The summed E-state index contributed by atoms with van der Waals surface area (Å²) in [4.78, 5) is 19.5. The molecule has 0 spiro atoms. The Morgan fingerprint density at radius 2 is 1.95 bits per heavy atom. The van der Waals surface area contributed by atoms with E-state index >= 15 is 0 Å². The Labute approximate surface area is 138 Å². The van der Waals surface area contributed by atoms with E-state index in [1.807, 2.05) is 44.2 Å². The highest BCUT2D eigenvalue weighted by molar-refractivity contribution is 8.00. The summed E-state index contributed by atoms with van der Waals surface area (Å²) in [5.41, 5.74) is 8.29. The maximum atomic E-state index is 11.8. The number of nitrogens with zero attached hydrogens (tertiary/aromatic N) is 2. The zero-order valence-corrected chi connectivity index (χ0v) is 13.7. The summed E-state index contributed by atoms with van der Waals surface area (Å²) in [5.74, 6) is -0.444. The summed E-state index contributed by atoms with van der Waals surface area (Å²) in [6, 6.07) is 9.28. The average molecular weight is 332 g/mol. The third-order valence-corrected chi connectivity index (χ3v) is 4.96. The van der Waals surface area contributed by atoms with E-state index in [2.05, 4.69) is 9.83 Å². The Bertz CT molecular complexity index is 756. The predicted octanol–water partition coefficient (Wildman–Crippen LogP) is 4.22. The second kappa shape index (κ2) is 6.82. The molecule has 0 saturated carbocycles. The van der Waals surface area contributed by atoms with Crippen LogP contribution in [0.15, 0.2) is 35.4 Å². The van der Waals surface area contributed by atoms with Crippen molar-refractivity contribution >= 4 is 35.0 Å². The molecule has 22 heavy (non-hydrogen) atoms. The van der Waals surface area contributed by atoms with E-state index in [0.717, 1.165) is 16.7 Å². The molecule has 1 heterocycles. The number of thioether (sulfide) groups is 1. The van der Waals surface area contributed by atoms with Crippen molar-refractivity contribution in [2.75, 3.05) is 0 Å². The molecule has 112 valence electrons. The van der Waals surface area contributed by atoms with E-state index in [-0.39, 0.29) is 5.15 Å². The molecule has 2 aromatic rings. The average Bonchev–Trinajstić information content (AvgIpc) is 2.50. The lowest BCUT2D eigenvalue weighted by Crippen LogP contribution is -2.19. The molecule has 0 radical (unpaired) electrons. The van der Waals surface area contributed by atoms with Gasteiger partial charge in [0.05, 0.1) is 11.6 Å². The summed E-state index contributed by atoms with van der Waals surface area (Å²) in [6.07, 6.45) is 0. The summed E-state index contributed by atoms with van der Waals surface area (Å²) in [7, 11) is 0. The van der Waals surface area contributed by atoms with E-state index in [4.69, 9.17) is 23.9 Å². The summed E-state index contributed by atoms with van der Waals surface area (Å²) < 4.78 is 0. The maximum Gasteiger partial charge on any atom is 0.235 e. The van der Waals surface area contributed by atoms with Gasteiger partial charge < -0.3 is 5.73 Å². The van der Waals surface area contributed by atoms with Gasteiger partial charge in [0.25, 0.3) is 0 Å². The first-order chi connectivity index (χ1) is 10.5. The zero-order chi connectivity index (χ0) is 16.3. The molecule has 4 nitrogen and oxygen atoms in total. The van der Waals surface area contributed by atoms with Crippen molar-refractivity contribution in [1.29, 1.82) is 0 Å². The van der Waals surface area contributed by atoms with Crippen LogP contribution in [-0.2, 0) is 4.79 Å². The third-order valence-electron chi connectivity index (χ3n) is 3.34. The van der Waals surface area contributed by atoms with Crippen LogP contribution in [0.25, 0.3) is 4.85 Å². The Morgan fingerprint density at radius 3 is 2.50 bits per heavy atom. The molecule has 2 N–H and O–H groups in total. The molecule has 1 unspecified atom stereocenters. The van der Waals surface area contributed by atoms with Gasteiger partial charge in [0.15, 0.2) is 0 Å². The smallest absolute Gasteiger partial charge is 0.235 e. The summed E-state index contributed by atoms with van der Waals surface area (Å²) >= 11 is 7.31. The van der Waals surface area contributed by atoms with Gasteiger partial charge in [-0.2, -0.15) is 0 Å². The van der Waals surface area contributed by atoms with E-state index in [1.165, 1.54) is 11.8 Å². The Morgan fingerprint density at radius 1 is 1.32 bits per heavy atom. The molecular formula is C16H14ClN3OS. The Balaban J connectivity index is 2.45. The fourth-order valence-electron chi connectivity index (χ4n) is 1.99. The number of primary amides is 1. The Hall–Kier alpha value is -2.03. The molecule has 0 fully saturated rings. The van der Waals surface area contributed by atoms with Crippen molar-refractivity contribution in [3.63, 3.8) is 0 Å². The molecule has 6 heteroatoms. The molecule has 0 aliphatic carbocycles. The highest BCUT2D eigenvalue weighted by Gasteiger charge is 2.22. The van der Waals surface area contributed by atoms with E-state index in [1.54, 1.807) is 0 Å². The standard InChI is InChI=1S/C16H14ClN3OS/c1-9-10(2)16(20-14(17)12(9)19-3)22-13(15(18)21)11-7-5-4-6-8-11/h4-8,13H,1-2H3,(H2,18,21). The van der Waals surface area contributed by atoms with Crippen molar-refractivity contribution in [3.8, 4) is 0 Å². The van der Waals surface area contributed by atoms with Gasteiger partial charge in [-0.15, -0.1) is 0 Å². The molecule has 0 bridgehead atoms. The number of aromatic nitrogens is 1. The van der Waals surface area contributed by atoms with Crippen molar-refractivity contribution < 1.29 is 4.79 Å². The van der Waals surface area contributed by atoms with Gasteiger partial charge in [-0.1, -0.05) is 53.7 Å². The molecule has 0 aliphatic rings. The molecule has 0 aliphatic heterocycles. The number of benzene rings is 1. The topological polar surface area (TPSA) is 60.3 Å². The third kappa shape index (κ3) is 3.24. The van der Waals surface area contributed by atoms with E-state index < -0.39 is 11.2 Å². The molecule has 2 rings (SSSR count). The number of carbonyl (C=O) groups is 1. The van der Waals surface area contributed by atoms with Gasteiger partial charge in [-0.3, -0.25) is 4.79 Å². The zero-order valence-electron chi connectivity index (χ0n) is 12.1. The van der Waals surface area contributed by atoms with Crippen LogP contribution in [0.2, 0.25) is 5.15 Å². The molecule has 1 aromatic heterocycles. The molecule has 1 amide bonds. The van der Waals surface area contributed by atoms with Crippen LogP contribution in [0.1, 0.15) is 21.9 Å². The van der Waals surface area contributed by atoms with Crippen LogP contribution >= 0.6 is 23.4 Å². The first-order valence-corrected chi connectivity index (χ1v) is 7.76. The lowest BCUT2D eigenvalue weighted by Gasteiger charge is -2.16. The minimum atomic E-state index is -0.554. The van der Waals surface area contributed by atoms with Crippen molar-refractivity contribution in [2.24, 2.45) is 5.73 Å². The lowest BCUT2D eigenvalue weighted by molar-refractivity contribution is -0.117. The summed E-state index contributed by atoms with van der Waals surface area (Å²) in [5, 5.41) is 0.209. The largest absolute Gasteiger partial charge is 0.368 e. The van der Waals surface area contributed by atoms with E-state index in [0.29, 0.717) is 10.7 Å². The molecule has 0 saturated heterocycles. The molecule has 1 aromatic carbocycles. The van der Waals surface area contributed by atoms with Crippen LogP contribution in [0.3, 0.4) is 0 Å². The quantitative estimate of drug-likeness (QED) is 0.518. The fourth-order valence-corrected chi connectivity index (χ4v) is 3.42. The molecular weight excluding hydrogens is 318 g/mol. The number of carbonyl (C=O) groups excluding carboxylic acids is 1. The van der Waals surface area contributed by atoms with Crippen molar-refractivity contribution in [3.05, 3.63) is 63.6 Å². The van der Waals surface area contributed by atoms with Crippen molar-refractivity contribution in [1.82, 2.24) is 4.98 Å². The minimum absolute atomic E-state index is 0.150. The van der Waals surface area contributed by atoms with Crippen LogP contribution in [0.4, 0.5) is 5.69 Å². The monoisotopic (exact) mass is 331 g/mol. The van der Waals surface area contributed by atoms with Gasteiger partial charge in [0.1, 0.15) is 10.4 Å². The van der Waals surface area contributed by atoms with Gasteiger partial charge in [0.2, 0.25) is 11.6 Å².